The number of carbonyl (C=O) groups is 1. The average Bonchev–Trinajstić information content (AvgIpc) is 2.29. The zero-order valence-electron chi connectivity index (χ0n) is 9.24. The monoisotopic (exact) mass is 242 g/mol. The van der Waals surface area contributed by atoms with Gasteiger partial charge >= 0.3 is 0 Å². The lowest BCUT2D eigenvalue weighted by Crippen LogP contribution is -2.08. The van der Waals surface area contributed by atoms with Crippen molar-refractivity contribution in [1.29, 1.82) is 0 Å². The Labute approximate surface area is 100 Å². The molecule has 0 fully saturated rings. The summed E-state index contributed by atoms with van der Waals surface area (Å²) < 4.78 is 10.6. The van der Waals surface area contributed by atoms with Crippen molar-refractivity contribution in [3.8, 4) is 5.75 Å². The van der Waals surface area contributed by atoms with Gasteiger partial charge in [-0.15, -0.1) is 11.6 Å². The fourth-order valence-electron chi connectivity index (χ4n) is 1.18. The molecule has 16 heavy (non-hydrogen) atoms. The standard InChI is InChI=1S/C12H15ClO3/c1-10(14)11-3-2-4-12(9-11)16-8-7-15-6-5-13/h2-4,9H,5-8H2,1H3. The number of hydrogen-bond acceptors (Lipinski definition) is 3. The summed E-state index contributed by atoms with van der Waals surface area (Å²) in [6.45, 7) is 3.01. The van der Waals surface area contributed by atoms with Crippen LogP contribution in [0, 0.1) is 0 Å². The van der Waals surface area contributed by atoms with E-state index in [-0.39, 0.29) is 5.78 Å². The Balaban J connectivity index is 2.36. The molecule has 0 radical (unpaired) electrons. The third kappa shape index (κ3) is 4.64. The van der Waals surface area contributed by atoms with Gasteiger partial charge in [0, 0.05) is 11.4 Å². The van der Waals surface area contributed by atoms with Crippen molar-refractivity contribution in [1.82, 2.24) is 0 Å². The number of alkyl halides is 1. The molecule has 0 saturated heterocycles. The smallest absolute Gasteiger partial charge is 0.159 e. The number of halogens is 1. The molecule has 1 aromatic rings. The van der Waals surface area contributed by atoms with E-state index in [1.807, 2.05) is 6.07 Å². The molecule has 0 atom stereocenters. The van der Waals surface area contributed by atoms with E-state index in [0.29, 0.717) is 37.0 Å². The van der Waals surface area contributed by atoms with Gasteiger partial charge in [0.25, 0.3) is 0 Å². The van der Waals surface area contributed by atoms with Gasteiger partial charge in [-0.2, -0.15) is 0 Å². The van der Waals surface area contributed by atoms with Crippen molar-refractivity contribution in [3.05, 3.63) is 29.8 Å². The highest BCUT2D eigenvalue weighted by Gasteiger charge is 2.00. The first-order valence-corrected chi connectivity index (χ1v) is 5.65. The molecule has 0 aromatic heterocycles. The topological polar surface area (TPSA) is 35.5 Å². The molecule has 0 heterocycles. The fraction of sp³-hybridized carbons (Fsp3) is 0.417. The summed E-state index contributed by atoms with van der Waals surface area (Å²) in [7, 11) is 0. The summed E-state index contributed by atoms with van der Waals surface area (Å²) in [6.07, 6.45) is 0. The van der Waals surface area contributed by atoms with Gasteiger partial charge in [0.2, 0.25) is 0 Å². The van der Waals surface area contributed by atoms with Crippen molar-refractivity contribution in [2.24, 2.45) is 0 Å². The maximum Gasteiger partial charge on any atom is 0.159 e. The summed E-state index contributed by atoms with van der Waals surface area (Å²) >= 11 is 5.45. The first kappa shape index (κ1) is 13.0. The van der Waals surface area contributed by atoms with E-state index in [2.05, 4.69) is 0 Å². The van der Waals surface area contributed by atoms with Crippen LogP contribution in [0.3, 0.4) is 0 Å². The van der Waals surface area contributed by atoms with Gasteiger partial charge in [-0.05, 0) is 19.1 Å². The van der Waals surface area contributed by atoms with Gasteiger partial charge in [-0.3, -0.25) is 4.79 Å². The molecule has 4 heteroatoms. The number of benzene rings is 1. The van der Waals surface area contributed by atoms with Crippen LogP contribution in [0.2, 0.25) is 0 Å². The van der Waals surface area contributed by atoms with Crippen molar-refractivity contribution >= 4 is 17.4 Å². The van der Waals surface area contributed by atoms with E-state index >= 15 is 0 Å². The zero-order valence-corrected chi connectivity index (χ0v) is 10.00. The van der Waals surface area contributed by atoms with Crippen molar-refractivity contribution in [2.75, 3.05) is 25.7 Å². The lowest BCUT2D eigenvalue weighted by molar-refractivity contribution is 0.101. The van der Waals surface area contributed by atoms with Crippen LogP contribution in [0.15, 0.2) is 24.3 Å². The van der Waals surface area contributed by atoms with E-state index in [0.717, 1.165) is 0 Å². The molecule has 0 aliphatic rings. The van der Waals surface area contributed by atoms with Gasteiger partial charge in [-0.25, -0.2) is 0 Å². The largest absolute Gasteiger partial charge is 0.491 e. The molecule has 0 unspecified atom stereocenters. The zero-order chi connectivity index (χ0) is 11.8. The predicted molar refractivity (Wildman–Crippen MR) is 63.5 cm³/mol. The molecule has 0 bridgehead atoms. The molecule has 3 nitrogen and oxygen atoms in total. The van der Waals surface area contributed by atoms with E-state index in [1.165, 1.54) is 6.92 Å². The maximum absolute atomic E-state index is 11.1. The second kappa shape index (κ2) is 7.25. The van der Waals surface area contributed by atoms with Crippen LogP contribution in [-0.2, 0) is 4.74 Å². The number of rotatable bonds is 7. The van der Waals surface area contributed by atoms with Crippen molar-refractivity contribution < 1.29 is 14.3 Å². The summed E-state index contributed by atoms with van der Waals surface area (Å²) in [5, 5.41) is 0. The van der Waals surface area contributed by atoms with Gasteiger partial charge < -0.3 is 9.47 Å². The van der Waals surface area contributed by atoms with Crippen LogP contribution < -0.4 is 4.74 Å². The first-order chi connectivity index (χ1) is 7.74. The molecular weight excluding hydrogens is 228 g/mol. The number of ether oxygens (including phenoxy) is 2. The Morgan fingerprint density at radius 1 is 1.31 bits per heavy atom. The SMILES string of the molecule is CC(=O)c1cccc(OCCOCCCl)c1. The van der Waals surface area contributed by atoms with Crippen LogP contribution in [0.1, 0.15) is 17.3 Å². The molecule has 0 spiro atoms. The van der Waals surface area contributed by atoms with Gasteiger partial charge in [-0.1, -0.05) is 12.1 Å². The Kier molecular flexibility index (Phi) is 5.90. The molecule has 0 N–H and O–H groups in total. The minimum absolute atomic E-state index is 0.0313. The summed E-state index contributed by atoms with van der Waals surface area (Å²) in [5.41, 5.74) is 0.652. The summed E-state index contributed by atoms with van der Waals surface area (Å²) in [5.74, 6) is 1.20. The van der Waals surface area contributed by atoms with Crippen LogP contribution in [0.25, 0.3) is 0 Å². The molecule has 1 rings (SSSR count). The van der Waals surface area contributed by atoms with E-state index in [4.69, 9.17) is 21.1 Å². The molecule has 0 aliphatic carbocycles. The summed E-state index contributed by atoms with van der Waals surface area (Å²) in [6, 6.07) is 7.10. The van der Waals surface area contributed by atoms with E-state index in [1.54, 1.807) is 18.2 Å². The van der Waals surface area contributed by atoms with Crippen LogP contribution in [-0.4, -0.2) is 31.5 Å². The molecule has 88 valence electrons. The van der Waals surface area contributed by atoms with Crippen LogP contribution in [0.4, 0.5) is 0 Å². The maximum atomic E-state index is 11.1. The van der Waals surface area contributed by atoms with Gasteiger partial charge in [0.15, 0.2) is 5.78 Å². The minimum Gasteiger partial charge on any atom is -0.491 e. The Bertz CT molecular complexity index is 339. The minimum atomic E-state index is 0.0313. The number of ketones is 1. The quantitative estimate of drug-likeness (QED) is 0.419. The third-order valence-electron chi connectivity index (χ3n) is 1.96. The van der Waals surface area contributed by atoms with Gasteiger partial charge in [0.05, 0.1) is 13.2 Å². The second-order valence-corrected chi connectivity index (χ2v) is 3.61. The summed E-state index contributed by atoms with van der Waals surface area (Å²) in [4.78, 5) is 11.1. The second-order valence-electron chi connectivity index (χ2n) is 3.23. The lowest BCUT2D eigenvalue weighted by Gasteiger charge is -2.07. The number of Topliss-reactive ketones (excluding diaryl/α,β-unsaturated/α-hetero) is 1. The highest BCUT2D eigenvalue weighted by atomic mass is 35.5. The highest BCUT2D eigenvalue weighted by molar-refractivity contribution is 6.17. The van der Waals surface area contributed by atoms with Crippen LogP contribution in [0.5, 0.6) is 5.75 Å². The normalized spacial score (nSPS) is 10.1. The van der Waals surface area contributed by atoms with Crippen LogP contribution >= 0.6 is 11.6 Å². The molecule has 0 aliphatic heterocycles. The van der Waals surface area contributed by atoms with Gasteiger partial charge in [0.1, 0.15) is 12.4 Å². The van der Waals surface area contributed by atoms with Crippen molar-refractivity contribution in [3.63, 3.8) is 0 Å². The average molecular weight is 243 g/mol. The van der Waals surface area contributed by atoms with E-state index < -0.39 is 0 Å². The Morgan fingerprint density at radius 3 is 2.81 bits per heavy atom. The third-order valence-corrected chi connectivity index (χ3v) is 2.11. The Hall–Kier alpha value is -1.06. The molecule has 0 amide bonds. The van der Waals surface area contributed by atoms with Crippen molar-refractivity contribution in [2.45, 2.75) is 6.92 Å². The highest BCUT2D eigenvalue weighted by Crippen LogP contribution is 2.13. The molecule has 0 saturated carbocycles. The molecular formula is C12H15ClO3. The first-order valence-electron chi connectivity index (χ1n) is 5.11. The molecule has 1 aromatic carbocycles. The Morgan fingerprint density at radius 2 is 2.12 bits per heavy atom. The lowest BCUT2D eigenvalue weighted by atomic mass is 10.1. The number of carbonyl (C=O) groups excluding carboxylic acids is 1. The predicted octanol–water partition coefficient (Wildman–Crippen LogP) is 2.52. The number of hydrogen-bond donors (Lipinski definition) is 0. The van der Waals surface area contributed by atoms with E-state index in [9.17, 15) is 4.79 Å². The fourth-order valence-corrected chi connectivity index (χ4v) is 1.29.